The highest BCUT2D eigenvalue weighted by Crippen LogP contribution is 2.49. The molecular weight excluding hydrogens is 394 g/mol. The van der Waals surface area contributed by atoms with E-state index in [0.717, 1.165) is 0 Å². The summed E-state index contributed by atoms with van der Waals surface area (Å²) in [5.74, 6) is -2.05. The maximum Gasteiger partial charge on any atom is 0.360 e. The lowest BCUT2D eigenvalue weighted by Crippen LogP contribution is -2.19. The fourth-order valence-electron chi connectivity index (χ4n) is 3.37. The lowest BCUT2D eigenvalue weighted by Gasteiger charge is -2.10. The Morgan fingerprint density at radius 2 is 1.77 bits per heavy atom. The van der Waals surface area contributed by atoms with Crippen LogP contribution in [-0.4, -0.2) is 31.6 Å². The van der Waals surface area contributed by atoms with Gasteiger partial charge in [-0.1, -0.05) is 40.6 Å². The van der Waals surface area contributed by atoms with Gasteiger partial charge in [0.05, 0.1) is 12.8 Å². The Bertz CT molecular complexity index is 971. The number of carbonyl (C=O) groups excluding carboxylic acids is 1. The molecule has 6 nitrogen and oxygen atoms in total. The molecule has 2 atom stereocenters. The number of hydrogen-bond donors (Lipinski definition) is 0. The van der Waals surface area contributed by atoms with Gasteiger partial charge in [-0.25, -0.2) is 13.6 Å². The molecule has 0 aliphatic heterocycles. The molecule has 0 amide bonds. The van der Waals surface area contributed by atoms with Crippen LogP contribution in [0.5, 0.6) is 0 Å². The monoisotopic (exact) mass is 416 g/mol. The fraction of sp³-hybridized carbons (Fsp3) is 0.318. The number of halogens is 2. The number of rotatable bonds is 8. The van der Waals surface area contributed by atoms with E-state index in [1.165, 1.54) is 32.4 Å². The third kappa shape index (κ3) is 4.64. The number of carbonyl (C=O) groups is 1. The number of esters is 1. The van der Waals surface area contributed by atoms with Crippen LogP contribution >= 0.6 is 0 Å². The largest absolute Gasteiger partial charge is 0.464 e. The highest BCUT2D eigenvalue weighted by molar-refractivity contribution is 6.43. The molecule has 3 rings (SSSR count). The topological polar surface area (TPSA) is 69.5 Å². The summed E-state index contributed by atoms with van der Waals surface area (Å²) < 4.78 is 32.7. The van der Waals surface area contributed by atoms with Crippen molar-refractivity contribution in [1.29, 1.82) is 0 Å². The average Bonchev–Trinajstić information content (AvgIpc) is 3.52. The Labute approximate surface area is 173 Å². The smallest absolute Gasteiger partial charge is 0.360 e. The molecule has 0 spiro atoms. The average molecular weight is 416 g/mol. The van der Waals surface area contributed by atoms with Crippen LogP contribution in [0.15, 0.2) is 52.8 Å². The van der Waals surface area contributed by atoms with E-state index in [9.17, 15) is 13.6 Å². The number of nitrogens with zero attached hydrogens (tertiary/aromatic N) is 2. The molecule has 2 aromatic carbocycles. The minimum atomic E-state index is -0.642. The first-order valence-electron chi connectivity index (χ1n) is 9.36. The van der Waals surface area contributed by atoms with Crippen LogP contribution in [0.3, 0.4) is 0 Å². The maximum absolute atomic E-state index is 14.0. The summed E-state index contributed by atoms with van der Waals surface area (Å²) in [6.07, 6.45) is 0.611. The number of hydrogen-bond acceptors (Lipinski definition) is 6. The van der Waals surface area contributed by atoms with Gasteiger partial charge in [-0.05, 0) is 31.4 Å². The number of benzene rings is 2. The van der Waals surface area contributed by atoms with Gasteiger partial charge in [-0.3, -0.25) is 0 Å². The molecule has 30 heavy (non-hydrogen) atoms. The summed E-state index contributed by atoms with van der Waals surface area (Å²) in [7, 11) is 2.59. The van der Waals surface area contributed by atoms with Crippen molar-refractivity contribution in [2.75, 3.05) is 14.2 Å². The molecule has 0 N–H and O–H groups in total. The first-order valence-corrected chi connectivity index (χ1v) is 9.36. The predicted octanol–water partition coefficient (Wildman–Crippen LogP) is 4.18. The van der Waals surface area contributed by atoms with E-state index < -0.39 is 17.6 Å². The van der Waals surface area contributed by atoms with Crippen LogP contribution in [-0.2, 0) is 25.8 Å². The molecule has 2 aromatic rings. The Hall–Kier alpha value is -3.29. The van der Waals surface area contributed by atoms with Crippen molar-refractivity contribution in [1.82, 2.24) is 0 Å². The molecule has 0 heterocycles. The highest BCUT2D eigenvalue weighted by atomic mass is 19.1. The summed E-state index contributed by atoms with van der Waals surface area (Å²) >= 11 is 0. The minimum absolute atomic E-state index is 0.0113. The van der Waals surface area contributed by atoms with E-state index in [1.807, 2.05) is 0 Å². The second-order valence-electron chi connectivity index (χ2n) is 6.86. The molecule has 0 radical (unpaired) electrons. The third-order valence-corrected chi connectivity index (χ3v) is 4.96. The predicted molar refractivity (Wildman–Crippen MR) is 107 cm³/mol. The first-order chi connectivity index (χ1) is 14.5. The van der Waals surface area contributed by atoms with Crippen molar-refractivity contribution in [3.63, 3.8) is 0 Å². The molecule has 8 heteroatoms. The van der Waals surface area contributed by atoms with Crippen molar-refractivity contribution < 1.29 is 28.0 Å². The maximum atomic E-state index is 14.0. The lowest BCUT2D eigenvalue weighted by atomic mass is 10.0. The zero-order valence-corrected chi connectivity index (χ0v) is 16.9. The zero-order valence-electron chi connectivity index (χ0n) is 16.9. The van der Waals surface area contributed by atoms with Gasteiger partial charge in [0.15, 0.2) is 5.71 Å². The second-order valence-corrected chi connectivity index (χ2v) is 6.86. The van der Waals surface area contributed by atoms with Gasteiger partial charge in [0, 0.05) is 22.6 Å². The zero-order chi connectivity index (χ0) is 21.7. The van der Waals surface area contributed by atoms with E-state index in [0.29, 0.717) is 23.3 Å². The summed E-state index contributed by atoms with van der Waals surface area (Å²) in [6.45, 7) is 1.83. The van der Waals surface area contributed by atoms with Gasteiger partial charge in [-0.2, -0.15) is 0 Å². The molecule has 0 saturated heterocycles. The van der Waals surface area contributed by atoms with E-state index >= 15 is 0 Å². The Morgan fingerprint density at radius 3 is 2.43 bits per heavy atom. The lowest BCUT2D eigenvalue weighted by molar-refractivity contribution is -0.132. The minimum Gasteiger partial charge on any atom is -0.464 e. The van der Waals surface area contributed by atoms with Crippen molar-refractivity contribution in [3.05, 3.63) is 70.8 Å². The highest BCUT2D eigenvalue weighted by Gasteiger charge is 2.43. The summed E-state index contributed by atoms with van der Waals surface area (Å²) in [5, 5.41) is 7.86. The second kappa shape index (κ2) is 9.47. The van der Waals surface area contributed by atoms with E-state index in [2.05, 4.69) is 10.3 Å². The normalized spacial score (nSPS) is 18.7. The summed E-state index contributed by atoms with van der Waals surface area (Å²) in [4.78, 5) is 22.2. The van der Waals surface area contributed by atoms with Crippen molar-refractivity contribution in [2.24, 2.45) is 16.2 Å². The van der Waals surface area contributed by atoms with Crippen LogP contribution in [0.4, 0.5) is 8.78 Å². The van der Waals surface area contributed by atoms with E-state index in [-0.39, 0.29) is 29.7 Å². The molecule has 1 aliphatic rings. The number of oxime groups is 2. The summed E-state index contributed by atoms with van der Waals surface area (Å²) in [6, 6.07) is 10.9. The van der Waals surface area contributed by atoms with Crippen LogP contribution in [0.2, 0.25) is 0 Å². The molecule has 0 aromatic heterocycles. The molecule has 158 valence electrons. The van der Waals surface area contributed by atoms with Crippen LogP contribution in [0, 0.1) is 17.6 Å². The molecule has 1 saturated carbocycles. The SMILES string of the molecule is CON=C(C(=O)OC)c1ccccc1CON=C(C)C1CC1c1c(F)cccc1F. The van der Waals surface area contributed by atoms with Crippen molar-refractivity contribution >= 4 is 17.4 Å². The van der Waals surface area contributed by atoms with E-state index in [4.69, 9.17) is 14.4 Å². The molecule has 2 unspecified atom stereocenters. The van der Waals surface area contributed by atoms with Crippen LogP contribution in [0.1, 0.15) is 36.0 Å². The van der Waals surface area contributed by atoms with Gasteiger partial charge in [0.1, 0.15) is 25.4 Å². The molecular formula is C22H22F2N2O4. The molecule has 0 bridgehead atoms. The standard InChI is InChI=1S/C22H22F2N2O4/c1-13(16-11-17(16)20-18(23)9-6-10-19(20)24)25-30-12-14-7-4-5-8-15(14)21(26-29-3)22(27)28-2/h4-10,16-17H,11-12H2,1-3H3. The van der Waals surface area contributed by atoms with Gasteiger partial charge in [-0.15, -0.1) is 0 Å². The fourth-order valence-corrected chi connectivity index (χ4v) is 3.37. The first kappa shape index (κ1) is 21.4. The van der Waals surface area contributed by atoms with Crippen LogP contribution < -0.4 is 0 Å². The van der Waals surface area contributed by atoms with Crippen molar-refractivity contribution in [3.8, 4) is 0 Å². The van der Waals surface area contributed by atoms with Gasteiger partial charge >= 0.3 is 5.97 Å². The number of methoxy groups -OCH3 is 1. The Kier molecular flexibility index (Phi) is 6.76. The van der Waals surface area contributed by atoms with E-state index in [1.54, 1.807) is 31.2 Å². The van der Waals surface area contributed by atoms with Gasteiger partial charge in [0.25, 0.3) is 0 Å². The van der Waals surface area contributed by atoms with Crippen LogP contribution in [0.25, 0.3) is 0 Å². The van der Waals surface area contributed by atoms with Gasteiger partial charge in [0.2, 0.25) is 0 Å². The molecule has 1 aliphatic carbocycles. The quantitative estimate of drug-likeness (QED) is 0.368. The molecule has 1 fully saturated rings. The Balaban J connectivity index is 1.69. The van der Waals surface area contributed by atoms with Gasteiger partial charge < -0.3 is 14.4 Å². The van der Waals surface area contributed by atoms with Crippen molar-refractivity contribution in [2.45, 2.75) is 25.9 Å². The Morgan fingerprint density at radius 1 is 1.07 bits per heavy atom. The summed E-state index contributed by atoms with van der Waals surface area (Å²) in [5.41, 5.74) is 1.91. The third-order valence-electron chi connectivity index (χ3n) is 4.96. The number of ether oxygens (including phenoxy) is 1.